The highest BCUT2D eigenvalue weighted by Crippen LogP contribution is 2.43. The maximum absolute atomic E-state index is 11.3. The second-order valence-electron chi connectivity index (χ2n) is 5.62. The highest BCUT2D eigenvalue weighted by molar-refractivity contribution is 9.10. The lowest BCUT2D eigenvalue weighted by Crippen LogP contribution is -2.00. The van der Waals surface area contributed by atoms with Crippen LogP contribution in [-0.2, 0) is 0 Å². The summed E-state index contributed by atoms with van der Waals surface area (Å²) in [6, 6.07) is 9.14. The Morgan fingerprint density at radius 1 is 1.28 bits per heavy atom. The first-order valence-electron chi connectivity index (χ1n) is 7.60. The number of rotatable bonds is 5. The molecule has 7 nitrogen and oxygen atoms in total. The number of hydrogen-bond donors (Lipinski definition) is 0. The lowest BCUT2D eigenvalue weighted by molar-refractivity contribution is -0.387. The smallest absolute Gasteiger partial charge is 0.284 e. The van der Waals surface area contributed by atoms with Gasteiger partial charge in [0, 0.05) is 34.5 Å². The molecule has 0 unspecified atom stereocenters. The molecule has 1 aromatic carbocycles. The van der Waals surface area contributed by atoms with Gasteiger partial charge in [0.1, 0.15) is 0 Å². The van der Waals surface area contributed by atoms with Crippen LogP contribution in [0.4, 0.5) is 5.69 Å². The van der Waals surface area contributed by atoms with Gasteiger partial charge in [0.15, 0.2) is 11.0 Å². The van der Waals surface area contributed by atoms with E-state index >= 15 is 0 Å². The molecule has 0 N–H and O–H groups in total. The van der Waals surface area contributed by atoms with E-state index < -0.39 is 0 Å². The highest BCUT2D eigenvalue weighted by Gasteiger charge is 2.31. The fourth-order valence-electron chi connectivity index (χ4n) is 2.52. The fourth-order valence-corrected chi connectivity index (χ4v) is 3.85. The molecule has 2 heterocycles. The Morgan fingerprint density at radius 2 is 2.12 bits per heavy atom. The molecule has 1 aliphatic rings. The van der Waals surface area contributed by atoms with Gasteiger partial charge in [0.05, 0.1) is 9.82 Å². The third-order valence-electron chi connectivity index (χ3n) is 3.82. The predicted octanol–water partition coefficient (Wildman–Crippen LogP) is 4.50. The van der Waals surface area contributed by atoms with Crippen LogP contribution in [0.2, 0.25) is 0 Å². The zero-order chi connectivity index (χ0) is 17.4. The van der Waals surface area contributed by atoms with Crippen molar-refractivity contribution in [2.75, 3.05) is 0 Å². The predicted molar refractivity (Wildman–Crippen MR) is 96.4 cm³/mol. The summed E-state index contributed by atoms with van der Waals surface area (Å²) in [4.78, 5) is 15.6. The van der Waals surface area contributed by atoms with E-state index in [1.54, 1.807) is 24.5 Å². The van der Waals surface area contributed by atoms with E-state index in [2.05, 4.69) is 35.7 Å². The van der Waals surface area contributed by atoms with Crippen molar-refractivity contribution in [2.24, 2.45) is 0 Å². The molecule has 2 aromatic heterocycles. The molecule has 0 aliphatic heterocycles. The van der Waals surface area contributed by atoms with Gasteiger partial charge in [-0.25, -0.2) is 0 Å². The van der Waals surface area contributed by atoms with Gasteiger partial charge in [-0.2, -0.15) is 0 Å². The van der Waals surface area contributed by atoms with Crippen molar-refractivity contribution in [1.29, 1.82) is 0 Å². The van der Waals surface area contributed by atoms with E-state index in [1.807, 2.05) is 12.1 Å². The summed E-state index contributed by atoms with van der Waals surface area (Å²) in [6.45, 7) is 0. The molecule has 4 rings (SSSR count). The molecule has 25 heavy (non-hydrogen) atoms. The summed E-state index contributed by atoms with van der Waals surface area (Å²) in [7, 11) is 0. The molecule has 9 heteroatoms. The summed E-state index contributed by atoms with van der Waals surface area (Å²) in [5.74, 6) is 0.748. The maximum Gasteiger partial charge on any atom is 0.284 e. The number of aromatic nitrogens is 4. The first kappa shape index (κ1) is 16.2. The second kappa shape index (κ2) is 6.57. The molecule has 0 amide bonds. The number of nitro groups is 1. The Kier molecular flexibility index (Phi) is 4.26. The number of pyridine rings is 1. The van der Waals surface area contributed by atoms with Crippen LogP contribution in [0.3, 0.4) is 0 Å². The fraction of sp³-hybridized carbons (Fsp3) is 0.188. The number of benzene rings is 1. The van der Waals surface area contributed by atoms with Crippen LogP contribution in [-0.4, -0.2) is 24.7 Å². The van der Waals surface area contributed by atoms with E-state index in [0.29, 0.717) is 20.6 Å². The average Bonchev–Trinajstić information content (AvgIpc) is 3.37. The van der Waals surface area contributed by atoms with E-state index in [4.69, 9.17) is 0 Å². The van der Waals surface area contributed by atoms with Gasteiger partial charge >= 0.3 is 0 Å². The standard InChI is InChI=1S/C16H12BrN5O2S/c17-11-3-6-14(13(8-11)22(23)24)25-16-20-19-15(21(16)12-4-5-12)10-2-1-7-18-9-10/h1-3,6-9,12H,4-5H2. The van der Waals surface area contributed by atoms with Gasteiger partial charge in [-0.05, 0) is 48.9 Å². The summed E-state index contributed by atoms with van der Waals surface area (Å²) in [5, 5.41) is 20.6. The van der Waals surface area contributed by atoms with Gasteiger partial charge in [0.2, 0.25) is 0 Å². The third-order valence-corrected chi connectivity index (χ3v) is 5.33. The Balaban J connectivity index is 1.75. The minimum absolute atomic E-state index is 0.0487. The molecule has 0 spiro atoms. The second-order valence-corrected chi connectivity index (χ2v) is 7.55. The summed E-state index contributed by atoms with van der Waals surface area (Å²) >= 11 is 4.55. The van der Waals surface area contributed by atoms with Crippen molar-refractivity contribution in [1.82, 2.24) is 19.7 Å². The molecule has 0 atom stereocenters. The van der Waals surface area contributed by atoms with Crippen molar-refractivity contribution >= 4 is 33.4 Å². The number of hydrogen-bond acceptors (Lipinski definition) is 6. The molecular formula is C16H12BrN5O2S. The van der Waals surface area contributed by atoms with Gasteiger partial charge in [-0.1, -0.05) is 15.9 Å². The van der Waals surface area contributed by atoms with Crippen LogP contribution in [0.15, 0.2) is 57.3 Å². The van der Waals surface area contributed by atoms with Crippen molar-refractivity contribution < 1.29 is 4.92 Å². The molecule has 3 aromatic rings. The Bertz CT molecular complexity index is 943. The summed E-state index contributed by atoms with van der Waals surface area (Å²) in [6.07, 6.45) is 5.57. The van der Waals surface area contributed by atoms with Crippen molar-refractivity contribution in [3.63, 3.8) is 0 Å². The Hall–Kier alpha value is -2.26. The molecule has 0 bridgehead atoms. The van der Waals surface area contributed by atoms with Crippen LogP contribution in [0.1, 0.15) is 18.9 Å². The molecule has 1 saturated carbocycles. The van der Waals surface area contributed by atoms with Gasteiger partial charge in [-0.3, -0.25) is 19.7 Å². The lowest BCUT2D eigenvalue weighted by atomic mass is 10.3. The van der Waals surface area contributed by atoms with Crippen LogP contribution >= 0.6 is 27.7 Å². The Morgan fingerprint density at radius 3 is 2.80 bits per heavy atom. The number of halogens is 1. The number of nitro benzene ring substituents is 1. The first-order chi connectivity index (χ1) is 12.1. The van der Waals surface area contributed by atoms with Crippen LogP contribution in [0.25, 0.3) is 11.4 Å². The molecule has 1 aliphatic carbocycles. The van der Waals surface area contributed by atoms with Gasteiger partial charge in [0.25, 0.3) is 5.69 Å². The van der Waals surface area contributed by atoms with Crippen molar-refractivity contribution in [3.8, 4) is 11.4 Å². The van der Waals surface area contributed by atoms with E-state index in [9.17, 15) is 10.1 Å². The van der Waals surface area contributed by atoms with E-state index in [-0.39, 0.29) is 10.6 Å². The highest BCUT2D eigenvalue weighted by atomic mass is 79.9. The van der Waals surface area contributed by atoms with Crippen LogP contribution < -0.4 is 0 Å². The molecule has 0 saturated heterocycles. The average molecular weight is 418 g/mol. The monoisotopic (exact) mass is 417 g/mol. The largest absolute Gasteiger partial charge is 0.299 e. The van der Waals surface area contributed by atoms with Gasteiger partial charge < -0.3 is 0 Å². The van der Waals surface area contributed by atoms with Crippen LogP contribution in [0.5, 0.6) is 0 Å². The zero-order valence-electron chi connectivity index (χ0n) is 12.9. The first-order valence-corrected chi connectivity index (χ1v) is 9.21. The summed E-state index contributed by atoms with van der Waals surface area (Å²) < 4.78 is 2.73. The topological polar surface area (TPSA) is 86.7 Å². The maximum atomic E-state index is 11.3. The van der Waals surface area contributed by atoms with Crippen molar-refractivity contribution in [3.05, 3.63) is 57.3 Å². The van der Waals surface area contributed by atoms with Crippen LogP contribution in [0, 0.1) is 10.1 Å². The Labute approximate surface area is 155 Å². The summed E-state index contributed by atoms with van der Waals surface area (Å²) in [5.41, 5.74) is 0.937. The van der Waals surface area contributed by atoms with Crippen molar-refractivity contribution in [2.45, 2.75) is 28.9 Å². The lowest BCUT2D eigenvalue weighted by Gasteiger charge is -2.09. The van der Waals surface area contributed by atoms with E-state index in [1.165, 1.54) is 17.8 Å². The normalized spacial score (nSPS) is 13.8. The number of nitrogens with zero attached hydrogens (tertiary/aromatic N) is 5. The minimum Gasteiger partial charge on any atom is -0.299 e. The molecule has 1 fully saturated rings. The zero-order valence-corrected chi connectivity index (χ0v) is 15.3. The third kappa shape index (κ3) is 3.29. The molecular weight excluding hydrogens is 406 g/mol. The molecule has 0 radical (unpaired) electrons. The molecule has 126 valence electrons. The minimum atomic E-state index is -0.382. The van der Waals surface area contributed by atoms with E-state index in [0.717, 1.165) is 24.2 Å². The van der Waals surface area contributed by atoms with Gasteiger partial charge in [-0.15, -0.1) is 10.2 Å². The quantitative estimate of drug-likeness (QED) is 0.448. The SMILES string of the molecule is O=[N+]([O-])c1cc(Br)ccc1Sc1nnc(-c2cccnc2)n1C1CC1.